The van der Waals surface area contributed by atoms with Crippen LogP contribution in [-0.2, 0) is 24.4 Å². The highest BCUT2D eigenvalue weighted by Gasteiger charge is 2.06. The lowest BCUT2D eigenvalue weighted by Gasteiger charge is -2.10. The first kappa shape index (κ1) is 14.1. The molecule has 0 aliphatic heterocycles. The minimum Gasteiger partial charge on any atom is -0.489 e. The molecule has 0 aromatic heterocycles. The smallest absolute Gasteiger partial charge is 0.307 e. The van der Waals surface area contributed by atoms with Crippen LogP contribution in [0.1, 0.15) is 16.7 Å². The third kappa shape index (κ3) is 3.83. The zero-order valence-corrected chi connectivity index (χ0v) is 11.1. The van der Waals surface area contributed by atoms with E-state index in [1.54, 1.807) is 0 Å². The van der Waals surface area contributed by atoms with Gasteiger partial charge in [0.1, 0.15) is 12.4 Å². The predicted octanol–water partition coefficient (Wildman–Crippen LogP) is 2.35. The first-order chi connectivity index (χ1) is 9.69. The molecule has 0 amide bonds. The van der Waals surface area contributed by atoms with Crippen molar-refractivity contribution in [2.75, 3.05) is 0 Å². The molecule has 0 unspecified atom stereocenters. The van der Waals surface area contributed by atoms with E-state index in [0.717, 1.165) is 22.4 Å². The van der Waals surface area contributed by atoms with Crippen molar-refractivity contribution in [3.05, 3.63) is 65.2 Å². The van der Waals surface area contributed by atoms with E-state index in [2.05, 4.69) is 0 Å². The van der Waals surface area contributed by atoms with Crippen LogP contribution < -0.4 is 10.5 Å². The second-order valence-electron chi connectivity index (χ2n) is 4.48. The van der Waals surface area contributed by atoms with Gasteiger partial charge in [-0.3, -0.25) is 4.79 Å². The first-order valence-corrected chi connectivity index (χ1v) is 6.39. The number of carboxylic acids is 1. The number of hydrogen-bond donors (Lipinski definition) is 2. The zero-order chi connectivity index (χ0) is 14.4. The van der Waals surface area contributed by atoms with Crippen molar-refractivity contribution in [1.82, 2.24) is 0 Å². The third-order valence-electron chi connectivity index (χ3n) is 3.01. The van der Waals surface area contributed by atoms with Crippen molar-refractivity contribution in [3.8, 4) is 5.75 Å². The third-order valence-corrected chi connectivity index (χ3v) is 3.01. The van der Waals surface area contributed by atoms with Gasteiger partial charge in [0.05, 0.1) is 6.42 Å². The summed E-state index contributed by atoms with van der Waals surface area (Å²) in [6.07, 6.45) is 0.00560. The van der Waals surface area contributed by atoms with E-state index in [0.29, 0.717) is 13.2 Å². The van der Waals surface area contributed by atoms with Gasteiger partial charge in [-0.15, -0.1) is 0 Å². The van der Waals surface area contributed by atoms with Gasteiger partial charge in [0.2, 0.25) is 0 Å². The molecular weight excluding hydrogens is 254 g/mol. The topological polar surface area (TPSA) is 72.5 Å². The first-order valence-electron chi connectivity index (χ1n) is 6.39. The Hall–Kier alpha value is -2.33. The Bertz CT molecular complexity index is 579. The monoisotopic (exact) mass is 271 g/mol. The standard InChI is InChI=1S/C16H17NO3/c17-10-12-5-7-15(8-6-12)20-11-14-4-2-1-3-13(14)9-16(18)19/h1-8H,9-11,17H2,(H,18,19). The fourth-order valence-electron chi connectivity index (χ4n) is 1.92. The average molecular weight is 271 g/mol. The number of aliphatic carboxylic acids is 1. The van der Waals surface area contributed by atoms with Gasteiger partial charge in [-0.25, -0.2) is 0 Å². The van der Waals surface area contributed by atoms with Gasteiger partial charge < -0.3 is 15.6 Å². The Kier molecular flexibility index (Phi) is 4.74. The normalized spacial score (nSPS) is 10.2. The lowest BCUT2D eigenvalue weighted by atomic mass is 10.1. The largest absolute Gasteiger partial charge is 0.489 e. The summed E-state index contributed by atoms with van der Waals surface area (Å²) in [6.45, 7) is 0.854. The number of ether oxygens (including phenoxy) is 1. The van der Waals surface area contributed by atoms with Crippen molar-refractivity contribution in [1.29, 1.82) is 0 Å². The molecule has 2 aromatic carbocycles. The number of carboxylic acid groups (broad SMARTS) is 1. The molecule has 0 atom stereocenters. The maximum Gasteiger partial charge on any atom is 0.307 e. The van der Waals surface area contributed by atoms with Crippen LogP contribution in [0.15, 0.2) is 48.5 Å². The molecule has 0 aliphatic rings. The van der Waals surface area contributed by atoms with E-state index in [9.17, 15) is 4.79 Å². The van der Waals surface area contributed by atoms with Gasteiger partial charge in [0, 0.05) is 6.54 Å². The Morgan fingerprint density at radius 2 is 1.70 bits per heavy atom. The second-order valence-corrected chi connectivity index (χ2v) is 4.48. The molecule has 0 aliphatic carbocycles. The molecule has 0 fully saturated rings. The van der Waals surface area contributed by atoms with E-state index in [4.69, 9.17) is 15.6 Å². The lowest BCUT2D eigenvalue weighted by molar-refractivity contribution is -0.136. The maximum atomic E-state index is 10.8. The fourth-order valence-corrected chi connectivity index (χ4v) is 1.92. The minimum atomic E-state index is -0.843. The highest BCUT2D eigenvalue weighted by atomic mass is 16.5. The van der Waals surface area contributed by atoms with E-state index < -0.39 is 5.97 Å². The highest BCUT2D eigenvalue weighted by Crippen LogP contribution is 2.16. The molecule has 3 N–H and O–H groups in total. The summed E-state index contributed by atoms with van der Waals surface area (Å²) < 4.78 is 5.68. The molecule has 0 saturated carbocycles. The van der Waals surface area contributed by atoms with Crippen LogP contribution in [0, 0.1) is 0 Å². The maximum absolute atomic E-state index is 10.8. The summed E-state index contributed by atoms with van der Waals surface area (Å²) >= 11 is 0. The van der Waals surface area contributed by atoms with E-state index in [1.165, 1.54) is 0 Å². The molecule has 0 saturated heterocycles. The lowest BCUT2D eigenvalue weighted by Crippen LogP contribution is -2.06. The minimum absolute atomic E-state index is 0.00560. The fraction of sp³-hybridized carbons (Fsp3) is 0.188. The van der Waals surface area contributed by atoms with Crippen molar-refractivity contribution < 1.29 is 14.6 Å². The number of rotatable bonds is 6. The summed E-state index contributed by atoms with van der Waals surface area (Å²) in [7, 11) is 0. The zero-order valence-electron chi connectivity index (χ0n) is 11.1. The Morgan fingerprint density at radius 3 is 2.30 bits per heavy atom. The van der Waals surface area contributed by atoms with Gasteiger partial charge in [-0.05, 0) is 28.8 Å². The van der Waals surface area contributed by atoms with Crippen LogP contribution in [0.4, 0.5) is 0 Å². The highest BCUT2D eigenvalue weighted by molar-refractivity contribution is 5.70. The van der Waals surface area contributed by atoms with Crippen molar-refractivity contribution in [3.63, 3.8) is 0 Å². The van der Waals surface area contributed by atoms with Crippen LogP contribution in [0.25, 0.3) is 0 Å². The molecule has 2 aromatic rings. The van der Waals surface area contributed by atoms with Crippen LogP contribution >= 0.6 is 0 Å². The predicted molar refractivity (Wildman–Crippen MR) is 76.4 cm³/mol. The second kappa shape index (κ2) is 6.73. The van der Waals surface area contributed by atoms with Crippen LogP contribution in [0.3, 0.4) is 0 Å². The van der Waals surface area contributed by atoms with Crippen LogP contribution in [0.2, 0.25) is 0 Å². The number of carbonyl (C=O) groups is 1. The van der Waals surface area contributed by atoms with E-state index >= 15 is 0 Å². The van der Waals surface area contributed by atoms with E-state index in [1.807, 2.05) is 48.5 Å². The molecule has 4 nitrogen and oxygen atoms in total. The number of hydrogen-bond acceptors (Lipinski definition) is 3. The SMILES string of the molecule is NCc1ccc(OCc2ccccc2CC(=O)O)cc1. The van der Waals surface area contributed by atoms with Gasteiger partial charge in [-0.1, -0.05) is 36.4 Å². The molecule has 4 heteroatoms. The summed E-state index contributed by atoms with van der Waals surface area (Å²) in [5.74, 6) is -0.0999. The Morgan fingerprint density at radius 1 is 1.05 bits per heavy atom. The van der Waals surface area contributed by atoms with Crippen molar-refractivity contribution >= 4 is 5.97 Å². The van der Waals surface area contributed by atoms with E-state index in [-0.39, 0.29) is 6.42 Å². The molecule has 104 valence electrons. The molecule has 0 spiro atoms. The molecule has 20 heavy (non-hydrogen) atoms. The Balaban J connectivity index is 2.04. The van der Waals surface area contributed by atoms with Crippen LogP contribution in [0.5, 0.6) is 5.75 Å². The van der Waals surface area contributed by atoms with Gasteiger partial charge in [0.15, 0.2) is 0 Å². The van der Waals surface area contributed by atoms with Gasteiger partial charge >= 0.3 is 5.97 Å². The summed E-state index contributed by atoms with van der Waals surface area (Å²) in [6, 6.07) is 15.0. The van der Waals surface area contributed by atoms with Crippen LogP contribution in [-0.4, -0.2) is 11.1 Å². The number of nitrogens with two attached hydrogens (primary N) is 1. The average Bonchev–Trinajstić information content (AvgIpc) is 2.46. The van der Waals surface area contributed by atoms with Gasteiger partial charge in [0.25, 0.3) is 0 Å². The Labute approximate surface area is 117 Å². The molecule has 0 heterocycles. The molecule has 2 rings (SSSR count). The molecule has 0 bridgehead atoms. The quantitative estimate of drug-likeness (QED) is 0.846. The molecular formula is C16H17NO3. The summed E-state index contributed by atoms with van der Waals surface area (Å²) in [5, 5.41) is 8.88. The van der Waals surface area contributed by atoms with Crippen molar-refractivity contribution in [2.45, 2.75) is 19.6 Å². The number of benzene rings is 2. The summed E-state index contributed by atoms with van der Waals surface area (Å²) in [5.41, 5.74) is 8.24. The van der Waals surface area contributed by atoms with Crippen molar-refractivity contribution in [2.24, 2.45) is 5.73 Å². The molecule has 0 radical (unpaired) electrons. The van der Waals surface area contributed by atoms with Gasteiger partial charge in [-0.2, -0.15) is 0 Å². The summed E-state index contributed by atoms with van der Waals surface area (Å²) in [4.78, 5) is 10.8.